The van der Waals surface area contributed by atoms with Crippen molar-refractivity contribution in [3.05, 3.63) is 65.5 Å². The number of nitrogens with zero attached hydrogens (tertiary/aromatic N) is 1. The van der Waals surface area contributed by atoms with Crippen LogP contribution in [0.2, 0.25) is 0 Å². The predicted molar refractivity (Wildman–Crippen MR) is 88.4 cm³/mol. The Hall–Kier alpha value is -2.69. The largest absolute Gasteiger partial charge is 0.449 e. The summed E-state index contributed by atoms with van der Waals surface area (Å²) in [5, 5.41) is 0. The summed E-state index contributed by atoms with van der Waals surface area (Å²) >= 11 is 0. The first-order valence-electron chi connectivity index (χ1n) is 7.85. The lowest BCUT2D eigenvalue weighted by Crippen LogP contribution is -2.43. The summed E-state index contributed by atoms with van der Waals surface area (Å²) in [5.74, 6) is -1.81. The molecule has 0 radical (unpaired) electrons. The Balaban J connectivity index is 1.76. The van der Waals surface area contributed by atoms with Crippen molar-refractivity contribution in [1.82, 2.24) is 0 Å². The highest BCUT2D eigenvalue weighted by Crippen LogP contribution is 2.32. The fourth-order valence-electron chi connectivity index (χ4n) is 3.00. The molecule has 2 aromatic rings. The Bertz CT molecular complexity index is 790. The van der Waals surface area contributed by atoms with E-state index in [1.54, 1.807) is 11.0 Å². The number of carbonyl (C=O) groups excluding carboxylic acids is 2. The maximum atomic E-state index is 13.7. The molecule has 2 aromatic carbocycles. The van der Waals surface area contributed by atoms with Gasteiger partial charge in [-0.25, -0.2) is 9.18 Å². The number of anilines is 1. The molecule has 3 rings (SSSR count). The van der Waals surface area contributed by atoms with Gasteiger partial charge in [-0.2, -0.15) is 0 Å². The van der Waals surface area contributed by atoms with Gasteiger partial charge >= 0.3 is 5.97 Å². The molecule has 4 nitrogen and oxygen atoms in total. The third kappa shape index (κ3) is 2.89. The molecule has 0 saturated heterocycles. The summed E-state index contributed by atoms with van der Waals surface area (Å²) in [4.78, 5) is 26.5. The van der Waals surface area contributed by atoms with E-state index < -0.39 is 17.9 Å². The number of benzene rings is 2. The average molecular weight is 327 g/mol. The van der Waals surface area contributed by atoms with Crippen molar-refractivity contribution in [3.63, 3.8) is 0 Å². The molecule has 24 heavy (non-hydrogen) atoms. The predicted octanol–water partition coefficient (Wildman–Crippen LogP) is 3.35. The minimum atomic E-state index is -0.995. The summed E-state index contributed by atoms with van der Waals surface area (Å²) < 4.78 is 18.8. The van der Waals surface area contributed by atoms with Crippen LogP contribution in [-0.2, 0) is 16.0 Å². The summed E-state index contributed by atoms with van der Waals surface area (Å²) in [5.41, 5.74) is 1.75. The van der Waals surface area contributed by atoms with E-state index in [1.165, 1.54) is 25.1 Å². The molecule has 0 fully saturated rings. The van der Waals surface area contributed by atoms with Crippen molar-refractivity contribution in [3.8, 4) is 0 Å². The van der Waals surface area contributed by atoms with Gasteiger partial charge in [0.2, 0.25) is 0 Å². The Morgan fingerprint density at radius 1 is 1.17 bits per heavy atom. The second kappa shape index (κ2) is 6.43. The fourth-order valence-corrected chi connectivity index (χ4v) is 3.00. The van der Waals surface area contributed by atoms with Crippen molar-refractivity contribution in [1.29, 1.82) is 0 Å². The smallest absolute Gasteiger partial charge is 0.341 e. The topological polar surface area (TPSA) is 46.6 Å². The highest BCUT2D eigenvalue weighted by atomic mass is 19.1. The third-order valence-corrected chi connectivity index (χ3v) is 4.17. The number of fused-ring (bicyclic) bond motifs is 1. The minimum Gasteiger partial charge on any atom is -0.449 e. The zero-order valence-electron chi connectivity index (χ0n) is 13.5. The number of hydrogen-bond donors (Lipinski definition) is 0. The molecule has 1 aliphatic rings. The highest BCUT2D eigenvalue weighted by molar-refractivity contribution is 6.00. The second-order valence-corrected chi connectivity index (χ2v) is 5.92. The first-order valence-corrected chi connectivity index (χ1v) is 7.85. The van der Waals surface area contributed by atoms with E-state index in [0.717, 1.165) is 17.7 Å². The molecule has 124 valence electrons. The summed E-state index contributed by atoms with van der Waals surface area (Å²) in [6.45, 7) is 3.46. The fraction of sp³-hybridized carbons (Fsp3) is 0.263. The monoisotopic (exact) mass is 327 g/mol. The van der Waals surface area contributed by atoms with Crippen LogP contribution in [0.4, 0.5) is 10.1 Å². The average Bonchev–Trinajstić information content (AvgIpc) is 2.90. The molecule has 0 unspecified atom stereocenters. The number of carbonyl (C=O) groups is 2. The molecule has 2 atom stereocenters. The van der Waals surface area contributed by atoms with Gasteiger partial charge in [0.05, 0.1) is 5.56 Å². The van der Waals surface area contributed by atoms with Crippen LogP contribution in [0.3, 0.4) is 0 Å². The standard InChI is InChI=1S/C19H18FNO3/c1-12-11-14-7-3-6-10-17(14)21(12)18(22)13(2)24-19(23)15-8-4-5-9-16(15)20/h3-10,12-13H,11H2,1-2H3/t12-,13+/m0/s1. The van der Waals surface area contributed by atoms with Gasteiger partial charge < -0.3 is 9.64 Å². The van der Waals surface area contributed by atoms with E-state index in [-0.39, 0.29) is 17.5 Å². The lowest BCUT2D eigenvalue weighted by atomic mass is 10.1. The molecule has 0 spiro atoms. The molecule has 1 heterocycles. The van der Waals surface area contributed by atoms with E-state index in [9.17, 15) is 14.0 Å². The Morgan fingerprint density at radius 3 is 2.58 bits per heavy atom. The second-order valence-electron chi connectivity index (χ2n) is 5.92. The number of halogens is 1. The van der Waals surface area contributed by atoms with Crippen LogP contribution in [0.25, 0.3) is 0 Å². The Morgan fingerprint density at radius 2 is 1.83 bits per heavy atom. The van der Waals surface area contributed by atoms with Crippen molar-refractivity contribution < 1.29 is 18.7 Å². The van der Waals surface area contributed by atoms with Crippen LogP contribution >= 0.6 is 0 Å². The van der Waals surface area contributed by atoms with Crippen molar-refractivity contribution in [2.45, 2.75) is 32.4 Å². The SMILES string of the molecule is C[C@@H](OC(=O)c1ccccc1F)C(=O)N1c2ccccc2C[C@@H]1C. The molecule has 0 saturated carbocycles. The molecule has 5 heteroatoms. The van der Waals surface area contributed by atoms with E-state index in [0.29, 0.717) is 0 Å². The highest BCUT2D eigenvalue weighted by Gasteiger charge is 2.34. The number of rotatable bonds is 3. The van der Waals surface area contributed by atoms with E-state index in [4.69, 9.17) is 4.74 Å². The number of amides is 1. The van der Waals surface area contributed by atoms with Gasteiger partial charge in [0.1, 0.15) is 5.82 Å². The van der Waals surface area contributed by atoms with Crippen molar-refractivity contribution >= 4 is 17.6 Å². The van der Waals surface area contributed by atoms with Crippen molar-refractivity contribution in [2.75, 3.05) is 4.90 Å². The first kappa shape index (κ1) is 16.2. The van der Waals surface area contributed by atoms with Gasteiger partial charge in [-0.3, -0.25) is 4.79 Å². The van der Waals surface area contributed by atoms with Crippen LogP contribution in [0.15, 0.2) is 48.5 Å². The minimum absolute atomic E-state index is 0.00971. The van der Waals surface area contributed by atoms with Gasteiger partial charge in [-0.1, -0.05) is 30.3 Å². The van der Waals surface area contributed by atoms with Crippen LogP contribution in [0.1, 0.15) is 29.8 Å². The van der Waals surface area contributed by atoms with Crippen LogP contribution in [0.5, 0.6) is 0 Å². The zero-order valence-corrected chi connectivity index (χ0v) is 13.5. The van der Waals surface area contributed by atoms with Crippen LogP contribution in [0, 0.1) is 5.82 Å². The maximum Gasteiger partial charge on any atom is 0.341 e. The van der Waals surface area contributed by atoms with Gasteiger partial charge in [0.25, 0.3) is 5.91 Å². The molecule has 0 aliphatic carbocycles. The molecular weight excluding hydrogens is 309 g/mol. The molecule has 1 amide bonds. The Labute approximate surface area is 139 Å². The van der Waals surface area contributed by atoms with Crippen LogP contribution < -0.4 is 4.90 Å². The Kier molecular flexibility index (Phi) is 4.34. The van der Waals surface area contributed by atoms with Gasteiger partial charge in [-0.05, 0) is 44.0 Å². The quantitative estimate of drug-likeness (QED) is 0.812. The zero-order chi connectivity index (χ0) is 17.3. The van der Waals surface area contributed by atoms with E-state index in [1.807, 2.05) is 31.2 Å². The molecule has 0 bridgehead atoms. The van der Waals surface area contributed by atoms with E-state index in [2.05, 4.69) is 0 Å². The number of para-hydroxylation sites is 1. The van der Waals surface area contributed by atoms with Gasteiger partial charge in [-0.15, -0.1) is 0 Å². The molecule has 0 aromatic heterocycles. The van der Waals surface area contributed by atoms with Crippen LogP contribution in [-0.4, -0.2) is 24.0 Å². The van der Waals surface area contributed by atoms with Gasteiger partial charge in [0, 0.05) is 11.7 Å². The molecule has 1 aliphatic heterocycles. The van der Waals surface area contributed by atoms with Crippen molar-refractivity contribution in [2.24, 2.45) is 0 Å². The number of esters is 1. The normalized spacial score (nSPS) is 17.3. The molecule has 0 N–H and O–H groups in total. The number of ether oxygens (including phenoxy) is 1. The summed E-state index contributed by atoms with van der Waals surface area (Å²) in [7, 11) is 0. The summed E-state index contributed by atoms with van der Waals surface area (Å²) in [6, 6.07) is 13.2. The summed E-state index contributed by atoms with van der Waals surface area (Å²) in [6.07, 6.45) is -0.235. The maximum absolute atomic E-state index is 13.7. The third-order valence-electron chi connectivity index (χ3n) is 4.17. The number of hydrogen-bond acceptors (Lipinski definition) is 3. The lowest BCUT2D eigenvalue weighted by Gasteiger charge is -2.26. The first-order chi connectivity index (χ1) is 11.5. The lowest BCUT2D eigenvalue weighted by molar-refractivity contribution is -0.126. The molecular formula is C19H18FNO3. The van der Waals surface area contributed by atoms with E-state index >= 15 is 0 Å². The van der Waals surface area contributed by atoms with Gasteiger partial charge in [0.15, 0.2) is 6.10 Å².